The van der Waals surface area contributed by atoms with Gasteiger partial charge in [0.25, 0.3) is 0 Å². The molecule has 29 heavy (non-hydrogen) atoms. The van der Waals surface area contributed by atoms with Gasteiger partial charge in [0, 0.05) is 17.4 Å². The maximum Gasteiger partial charge on any atom is 0.192 e. The van der Waals surface area contributed by atoms with Crippen molar-refractivity contribution in [2.24, 2.45) is 0 Å². The second kappa shape index (κ2) is 9.46. The predicted octanol–water partition coefficient (Wildman–Crippen LogP) is 5.38. The van der Waals surface area contributed by atoms with E-state index in [2.05, 4.69) is 52.0 Å². The van der Waals surface area contributed by atoms with Crippen LogP contribution in [-0.2, 0) is 11.3 Å². The van der Waals surface area contributed by atoms with Crippen molar-refractivity contribution in [1.29, 1.82) is 0 Å². The summed E-state index contributed by atoms with van der Waals surface area (Å²) in [6.45, 7) is 3.84. The molecule has 1 aromatic heterocycles. The Morgan fingerprint density at radius 1 is 1.14 bits per heavy atom. The summed E-state index contributed by atoms with van der Waals surface area (Å²) in [5, 5.41) is 10.4. The van der Waals surface area contributed by atoms with Crippen LogP contribution in [0.2, 0.25) is 0 Å². The molecule has 152 valence electrons. The molecule has 1 aliphatic rings. The van der Waals surface area contributed by atoms with Gasteiger partial charge < -0.3 is 9.47 Å². The normalized spacial score (nSPS) is 17.4. The van der Waals surface area contributed by atoms with E-state index in [1.165, 1.54) is 5.56 Å². The lowest BCUT2D eigenvalue weighted by atomic mass is 10.1. The number of methoxy groups -OCH3 is 1. The van der Waals surface area contributed by atoms with Gasteiger partial charge in [0.15, 0.2) is 11.0 Å². The summed E-state index contributed by atoms with van der Waals surface area (Å²) >= 11 is 1.78. The van der Waals surface area contributed by atoms with Gasteiger partial charge in [-0.05, 0) is 49.1 Å². The quantitative estimate of drug-likeness (QED) is 0.468. The van der Waals surface area contributed by atoms with Crippen LogP contribution >= 0.6 is 11.8 Å². The molecular weight excluding hydrogens is 382 g/mol. The Hall–Kier alpha value is -2.31. The van der Waals surface area contributed by atoms with Crippen molar-refractivity contribution >= 4 is 11.8 Å². The van der Waals surface area contributed by atoms with E-state index in [0.29, 0.717) is 5.25 Å². The summed E-state index contributed by atoms with van der Waals surface area (Å²) in [7, 11) is 1.68. The van der Waals surface area contributed by atoms with Crippen molar-refractivity contribution in [2.45, 2.75) is 49.2 Å². The zero-order valence-corrected chi connectivity index (χ0v) is 17.8. The maximum absolute atomic E-state index is 5.92. The Morgan fingerprint density at radius 3 is 2.59 bits per heavy atom. The van der Waals surface area contributed by atoms with Crippen LogP contribution in [-0.4, -0.2) is 34.6 Å². The fourth-order valence-corrected chi connectivity index (χ4v) is 4.76. The van der Waals surface area contributed by atoms with Crippen LogP contribution in [0.3, 0.4) is 0 Å². The van der Waals surface area contributed by atoms with Crippen LogP contribution in [0.4, 0.5) is 0 Å². The van der Waals surface area contributed by atoms with Gasteiger partial charge in [0.05, 0.1) is 19.8 Å². The largest absolute Gasteiger partial charge is 0.497 e. The zero-order valence-electron chi connectivity index (χ0n) is 17.0. The topological polar surface area (TPSA) is 49.2 Å². The van der Waals surface area contributed by atoms with Gasteiger partial charge in [-0.25, -0.2) is 0 Å². The zero-order chi connectivity index (χ0) is 20.1. The first-order valence-corrected chi connectivity index (χ1v) is 11.1. The molecule has 2 unspecified atom stereocenters. The van der Waals surface area contributed by atoms with Gasteiger partial charge in [0.2, 0.25) is 0 Å². The summed E-state index contributed by atoms with van der Waals surface area (Å²) in [5.41, 5.74) is 2.36. The Morgan fingerprint density at radius 2 is 1.93 bits per heavy atom. The van der Waals surface area contributed by atoms with Crippen molar-refractivity contribution in [3.8, 4) is 17.1 Å². The number of ether oxygens (including phenoxy) is 2. The molecule has 0 radical (unpaired) electrons. The highest BCUT2D eigenvalue weighted by atomic mass is 32.2. The summed E-state index contributed by atoms with van der Waals surface area (Å²) in [4.78, 5) is 0. The maximum atomic E-state index is 5.92. The molecule has 4 rings (SSSR count). The fraction of sp³-hybridized carbons (Fsp3) is 0.391. The Labute approximate surface area is 176 Å². The molecule has 0 N–H and O–H groups in total. The van der Waals surface area contributed by atoms with E-state index in [0.717, 1.165) is 54.7 Å². The van der Waals surface area contributed by atoms with E-state index in [-0.39, 0.29) is 6.10 Å². The van der Waals surface area contributed by atoms with Crippen molar-refractivity contribution < 1.29 is 9.47 Å². The Balaban J connectivity index is 1.66. The van der Waals surface area contributed by atoms with Crippen LogP contribution in [0.1, 0.15) is 37.0 Å². The molecular formula is C23H27N3O2S. The minimum absolute atomic E-state index is 0.221. The van der Waals surface area contributed by atoms with Crippen LogP contribution < -0.4 is 4.74 Å². The first-order valence-electron chi connectivity index (χ1n) is 10.2. The fourth-order valence-electron chi connectivity index (χ4n) is 3.67. The standard InChI is InChI=1S/C23H27N3O2S/c1-3-21(17-8-5-4-6-9-17)29-23-25-24-22(18-11-13-19(27-2)14-12-18)26(23)16-20-10-7-15-28-20/h4-6,8-9,11-14,20-21H,3,7,10,15-16H2,1-2H3. The lowest BCUT2D eigenvalue weighted by Crippen LogP contribution is -2.17. The molecule has 0 bridgehead atoms. The van der Waals surface area contributed by atoms with Crippen LogP contribution in [0.5, 0.6) is 5.75 Å². The molecule has 5 nitrogen and oxygen atoms in total. The second-order valence-electron chi connectivity index (χ2n) is 7.21. The first-order chi connectivity index (χ1) is 14.3. The van der Waals surface area contributed by atoms with E-state index >= 15 is 0 Å². The average Bonchev–Trinajstić information content (AvgIpc) is 3.43. The van der Waals surface area contributed by atoms with E-state index in [4.69, 9.17) is 9.47 Å². The van der Waals surface area contributed by atoms with Gasteiger partial charge in [-0.2, -0.15) is 0 Å². The highest BCUT2D eigenvalue weighted by Crippen LogP contribution is 2.38. The number of hydrogen-bond donors (Lipinski definition) is 0. The van der Waals surface area contributed by atoms with Gasteiger partial charge in [-0.1, -0.05) is 49.0 Å². The van der Waals surface area contributed by atoms with Crippen molar-refractivity contribution in [2.75, 3.05) is 13.7 Å². The molecule has 2 heterocycles. The average molecular weight is 410 g/mol. The van der Waals surface area contributed by atoms with E-state index in [9.17, 15) is 0 Å². The predicted molar refractivity (Wildman–Crippen MR) is 116 cm³/mol. The molecule has 0 aliphatic carbocycles. The third-order valence-electron chi connectivity index (χ3n) is 5.27. The Bertz CT molecular complexity index is 906. The van der Waals surface area contributed by atoms with Gasteiger partial charge in [-0.3, -0.25) is 4.57 Å². The Kier molecular flexibility index (Phi) is 6.52. The molecule has 6 heteroatoms. The van der Waals surface area contributed by atoms with Crippen molar-refractivity contribution in [3.63, 3.8) is 0 Å². The van der Waals surface area contributed by atoms with Gasteiger partial charge in [0.1, 0.15) is 5.75 Å². The SMILES string of the molecule is CCC(Sc1nnc(-c2ccc(OC)cc2)n1CC1CCCO1)c1ccccc1. The van der Waals surface area contributed by atoms with Gasteiger partial charge in [-0.15, -0.1) is 10.2 Å². The molecule has 3 aromatic rings. The van der Waals surface area contributed by atoms with Crippen LogP contribution in [0.15, 0.2) is 59.8 Å². The van der Waals surface area contributed by atoms with E-state index < -0.39 is 0 Å². The highest BCUT2D eigenvalue weighted by molar-refractivity contribution is 7.99. The lowest BCUT2D eigenvalue weighted by molar-refractivity contribution is 0.0953. The summed E-state index contributed by atoms with van der Waals surface area (Å²) in [6, 6.07) is 18.6. The van der Waals surface area contributed by atoms with Crippen molar-refractivity contribution in [1.82, 2.24) is 14.8 Å². The molecule has 0 amide bonds. The number of benzene rings is 2. The van der Waals surface area contributed by atoms with Gasteiger partial charge >= 0.3 is 0 Å². The minimum Gasteiger partial charge on any atom is -0.497 e. The third-order valence-corrected chi connectivity index (χ3v) is 6.67. The number of hydrogen-bond acceptors (Lipinski definition) is 5. The number of thioether (sulfide) groups is 1. The smallest absolute Gasteiger partial charge is 0.192 e. The minimum atomic E-state index is 0.221. The van der Waals surface area contributed by atoms with E-state index in [1.54, 1.807) is 18.9 Å². The first kappa shape index (κ1) is 20.0. The number of aromatic nitrogens is 3. The molecule has 0 saturated carbocycles. The monoisotopic (exact) mass is 409 g/mol. The molecule has 2 aromatic carbocycles. The molecule has 1 saturated heterocycles. The second-order valence-corrected chi connectivity index (χ2v) is 8.38. The molecule has 0 spiro atoms. The third kappa shape index (κ3) is 4.65. The summed E-state index contributed by atoms with van der Waals surface area (Å²) < 4.78 is 13.4. The summed E-state index contributed by atoms with van der Waals surface area (Å²) in [5.74, 6) is 1.72. The highest BCUT2D eigenvalue weighted by Gasteiger charge is 2.23. The number of nitrogens with zero attached hydrogens (tertiary/aromatic N) is 3. The van der Waals surface area contributed by atoms with Crippen LogP contribution in [0.25, 0.3) is 11.4 Å². The molecule has 1 aliphatic heterocycles. The number of rotatable bonds is 8. The lowest BCUT2D eigenvalue weighted by Gasteiger charge is -2.18. The summed E-state index contributed by atoms with van der Waals surface area (Å²) in [6.07, 6.45) is 3.45. The van der Waals surface area contributed by atoms with E-state index in [1.807, 2.05) is 24.3 Å². The molecule has 1 fully saturated rings. The molecule has 2 atom stereocenters. The van der Waals surface area contributed by atoms with Crippen molar-refractivity contribution in [3.05, 3.63) is 60.2 Å². The van der Waals surface area contributed by atoms with Crippen LogP contribution in [0, 0.1) is 0 Å².